The summed E-state index contributed by atoms with van der Waals surface area (Å²) in [6.45, 7) is 0.453. The van der Waals surface area contributed by atoms with E-state index in [0.717, 1.165) is 25.7 Å². The van der Waals surface area contributed by atoms with Gasteiger partial charge in [-0.25, -0.2) is 4.79 Å². The smallest absolute Gasteiger partial charge is 0.317 e. The number of ether oxygens (including phenoxy) is 1. The van der Waals surface area contributed by atoms with Crippen molar-refractivity contribution in [3.05, 3.63) is 0 Å². The van der Waals surface area contributed by atoms with Crippen molar-refractivity contribution in [1.29, 1.82) is 0 Å². The molecule has 1 saturated carbocycles. The van der Waals surface area contributed by atoms with Crippen molar-refractivity contribution in [1.82, 2.24) is 10.2 Å². The van der Waals surface area contributed by atoms with Gasteiger partial charge in [0.15, 0.2) is 0 Å². The van der Waals surface area contributed by atoms with Crippen LogP contribution in [-0.2, 0) is 9.53 Å². The zero-order valence-corrected chi connectivity index (χ0v) is 12.0. The first-order valence-electron chi connectivity index (χ1n) is 7.43. The highest BCUT2D eigenvalue weighted by Gasteiger charge is 2.36. The Morgan fingerprint density at radius 1 is 1.15 bits per heavy atom. The second-order valence-electron chi connectivity index (χ2n) is 5.79. The molecule has 6 nitrogen and oxygen atoms in total. The number of nitrogens with zero attached hydrogens (tertiary/aromatic N) is 1. The van der Waals surface area contributed by atoms with Crippen molar-refractivity contribution < 1.29 is 19.4 Å². The predicted molar refractivity (Wildman–Crippen MR) is 73.5 cm³/mol. The molecule has 2 fully saturated rings. The molecule has 2 aliphatic rings. The van der Waals surface area contributed by atoms with E-state index in [9.17, 15) is 9.59 Å². The number of carbonyl (C=O) groups excluding carboxylic acids is 1. The quantitative estimate of drug-likeness (QED) is 0.769. The number of hydrogen-bond donors (Lipinski definition) is 2. The maximum Gasteiger partial charge on any atom is 0.317 e. The maximum atomic E-state index is 12.2. The highest BCUT2D eigenvalue weighted by atomic mass is 16.5. The molecule has 20 heavy (non-hydrogen) atoms. The Balaban J connectivity index is 1.88. The monoisotopic (exact) mass is 284 g/mol. The molecule has 1 heterocycles. The third-order valence-electron chi connectivity index (χ3n) is 4.40. The number of urea groups is 1. The van der Waals surface area contributed by atoms with Crippen molar-refractivity contribution >= 4 is 12.0 Å². The van der Waals surface area contributed by atoms with Crippen LogP contribution in [0.25, 0.3) is 0 Å². The summed E-state index contributed by atoms with van der Waals surface area (Å²) in [4.78, 5) is 25.0. The summed E-state index contributed by atoms with van der Waals surface area (Å²) >= 11 is 0. The molecule has 2 rings (SSSR count). The van der Waals surface area contributed by atoms with Crippen molar-refractivity contribution in [2.24, 2.45) is 5.92 Å². The van der Waals surface area contributed by atoms with Crippen molar-refractivity contribution in [3.8, 4) is 0 Å². The second kappa shape index (κ2) is 6.92. The Labute approximate surface area is 119 Å². The van der Waals surface area contributed by atoms with Gasteiger partial charge in [-0.1, -0.05) is 25.7 Å². The molecular formula is C14H24N2O4. The molecule has 1 aliphatic heterocycles. The molecule has 0 bridgehead atoms. The Bertz CT molecular complexity index is 353. The van der Waals surface area contributed by atoms with Gasteiger partial charge in [-0.2, -0.15) is 0 Å². The molecule has 2 atom stereocenters. The van der Waals surface area contributed by atoms with Crippen LogP contribution in [0.3, 0.4) is 0 Å². The highest BCUT2D eigenvalue weighted by Crippen LogP contribution is 2.21. The van der Waals surface area contributed by atoms with E-state index in [0.29, 0.717) is 0 Å². The van der Waals surface area contributed by atoms with Gasteiger partial charge in [-0.3, -0.25) is 4.79 Å². The van der Waals surface area contributed by atoms with Crippen LogP contribution >= 0.6 is 0 Å². The van der Waals surface area contributed by atoms with Gasteiger partial charge < -0.3 is 20.1 Å². The lowest BCUT2D eigenvalue weighted by molar-refractivity contribution is -0.142. The SMILES string of the molecule is CN(C(=O)NC1COCC1C(=O)O)C1CCCCCC1. The molecule has 0 radical (unpaired) electrons. The normalized spacial score (nSPS) is 27.9. The minimum absolute atomic E-state index is 0.174. The summed E-state index contributed by atoms with van der Waals surface area (Å²) in [7, 11) is 1.80. The Morgan fingerprint density at radius 3 is 2.40 bits per heavy atom. The minimum atomic E-state index is -0.912. The van der Waals surface area contributed by atoms with E-state index >= 15 is 0 Å². The summed E-state index contributed by atoms with van der Waals surface area (Å²) in [5.41, 5.74) is 0. The first kappa shape index (κ1) is 15.1. The number of carboxylic acid groups (broad SMARTS) is 1. The average molecular weight is 284 g/mol. The van der Waals surface area contributed by atoms with E-state index in [1.165, 1.54) is 12.8 Å². The lowest BCUT2D eigenvalue weighted by Gasteiger charge is -2.29. The van der Waals surface area contributed by atoms with E-state index in [2.05, 4.69) is 5.32 Å². The Hall–Kier alpha value is -1.30. The fourth-order valence-electron chi connectivity index (χ4n) is 3.01. The van der Waals surface area contributed by atoms with E-state index in [4.69, 9.17) is 9.84 Å². The molecule has 1 aliphatic carbocycles. The predicted octanol–water partition coefficient (Wildman–Crippen LogP) is 1.45. The summed E-state index contributed by atoms with van der Waals surface area (Å²) in [5.74, 6) is -1.55. The number of rotatable bonds is 3. The average Bonchev–Trinajstić information content (AvgIpc) is 2.72. The molecule has 2 unspecified atom stereocenters. The van der Waals surface area contributed by atoms with Crippen LogP contribution in [0.2, 0.25) is 0 Å². The Morgan fingerprint density at radius 2 is 1.80 bits per heavy atom. The van der Waals surface area contributed by atoms with E-state index in [1.54, 1.807) is 11.9 Å². The molecule has 114 valence electrons. The number of carboxylic acids is 1. The zero-order valence-electron chi connectivity index (χ0n) is 12.0. The molecule has 2 N–H and O–H groups in total. The van der Waals surface area contributed by atoms with Crippen molar-refractivity contribution in [2.75, 3.05) is 20.3 Å². The molecule has 1 saturated heterocycles. The Kier molecular flexibility index (Phi) is 5.23. The van der Waals surface area contributed by atoms with Gasteiger partial charge in [0, 0.05) is 13.1 Å². The molecule has 0 aromatic rings. The number of aliphatic carboxylic acids is 1. The lowest BCUT2D eigenvalue weighted by Crippen LogP contribution is -2.50. The van der Waals surface area contributed by atoms with Gasteiger partial charge in [0.2, 0.25) is 0 Å². The van der Waals surface area contributed by atoms with Gasteiger partial charge in [-0.15, -0.1) is 0 Å². The van der Waals surface area contributed by atoms with Crippen LogP contribution in [0.15, 0.2) is 0 Å². The molecule has 0 spiro atoms. The molecule has 0 aromatic heterocycles. The van der Waals surface area contributed by atoms with Crippen LogP contribution in [0.5, 0.6) is 0 Å². The largest absolute Gasteiger partial charge is 0.481 e. The number of carbonyl (C=O) groups is 2. The maximum absolute atomic E-state index is 12.2. The first-order valence-corrected chi connectivity index (χ1v) is 7.43. The fourth-order valence-corrected chi connectivity index (χ4v) is 3.01. The van der Waals surface area contributed by atoms with Crippen molar-refractivity contribution in [3.63, 3.8) is 0 Å². The van der Waals surface area contributed by atoms with Crippen LogP contribution in [-0.4, -0.2) is 54.4 Å². The third-order valence-corrected chi connectivity index (χ3v) is 4.40. The van der Waals surface area contributed by atoms with Gasteiger partial charge in [0.05, 0.1) is 19.3 Å². The van der Waals surface area contributed by atoms with Crippen LogP contribution in [0.1, 0.15) is 38.5 Å². The van der Waals surface area contributed by atoms with Gasteiger partial charge in [0.25, 0.3) is 0 Å². The number of nitrogens with one attached hydrogen (secondary N) is 1. The summed E-state index contributed by atoms with van der Waals surface area (Å²) in [5, 5.41) is 11.9. The van der Waals surface area contributed by atoms with Crippen LogP contribution in [0.4, 0.5) is 4.79 Å². The summed E-state index contributed by atoms with van der Waals surface area (Å²) in [6, 6.07) is -0.338. The van der Waals surface area contributed by atoms with E-state index in [1.807, 2.05) is 0 Å². The number of hydrogen-bond acceptors (Lipinski definition) is 3. The number of amides is 2. The molecule has 2 amide bonds. The van der Waals surface area contributed by atoms with E-state index in [-0.39, 0.29) is 25.3 Å². The van der Waals surface area contributed by atoms with Gasteiger partial charge in [0.1, 0.15) is 5.92 Å². The molecular weight excluding hydrogens is 260 g/mol. The first-order chi connectivity index (χ1) is 9.59. The lowest BCUT2D eigenvalue weighted by atomic mass is 10.0. The minimum Gasteiger partial charge on any atom is -0.481 e. The van der Waals surface area contributed by atoms with Gasteiger partial charge >= 0.3 is 12.0 Å². The van der Waals surface area contributed by atoms with Gasteiger partial charge in [-0.05, 0) is 12.8 Å². The topological polar surface area (TPSA) is 78.9 Å². The van der Waals surface area contributed by atoms with Crippen molar-refractivity contribution in [2.45, 2.75) is 50.6 Å². The summed E-state index contributed by atoms with van der Waals surface area (Å²) < 4.78 is 5.16. The molecule has 0 aromatic carbocycles. The van der Waals surface area contributed by atoms with Crippen LogP contribution in [0, 0.1) is 5.92 Å². The summed E-state index contributed by atoms with van der Waals surface area (Å²) in [6.07, 6.45) is 6.87. The molecule has 6 heteroatoms. The fraction of sp³-hybridized carbons (Fsp3) is 0.857. The van der Waals surface area contributed by atoms with Crippen LogP contribution < -0.4 is 5.32 Å². The second-order valence-corrected chi connectivity index (χ2v) is 5.79. The third kappa shape index (κ3) is 3.62. The highest BCUT2D eigenvalue weighted by molar-refractivity contribution is 5.77. The van der Waals surface area contributed by atoms with E-state index < -0.39 is 17.9 Å². The zero-order chi connectivity index (χ0) is 14.5. The standard InChI is InChI=1S/C14H24N2O4/c1-16(10-6-4-2-3-5-7-10)14(19)15-12-9-20-8-11(12)13(17)18/h10-12H,2-9H2,1H3,(H,15,19)(H,17,18).